The Bertz CT molecular complexity index is 556. The van der Waals surface area contributed by atoms with Gasteiger partial charge in [0.2, 0.25) is 0 Å². The molecule has 1 aromatic heterocycles. The molecule has 1 unspecified atom stereocenters. The van der Waals surface area contributed by atoms with E-state index in [-0.39, 0.29) is 5.82 Å². The van der Waals surface area contributed by atoms with Gasteiger partial charge in [-0.15, -0.1) is 0 Å². The van der Waals surface area contributed by atoms with Crippen molar-refractivity contribution in [3.8, 4) is 11.3 Å². The van der Waals surface area contributed by atoms with E-state index in [9.17, 15) is 4.39 Å². The summed E-state index contributed by atoms with van der Waals surface area (Å²) in [5.41, 5.74) is 2.66. The third kappa shape index (κ3) is 2.04. The van der Waals surface area contributed by atoms with Crippen LogP contribution in [0.3, 0.4) is 0 Å². The molecular formula is C14H16FN3. The zero-order chi connectivity index (χ0) is 12.5. The van der Waals surface area contributed by atoms with Gasteiger partial charge in [0.15, 0.2) is 0 Å². The molecule has 3 rings (SSSR count). The van der Waals surface area contributed by atoms with Gasteiger partial charge in [-0.05, 0) is 38.4 Å². The number of aromatic amines is 1. The van der Waals surface area contributed by atoms with Crippen molar-refractivity contribution in [3.63, 3.8) is 0 Å². The number of aromatic nitrogens is 2. The number of hydrogen-bond acceptors (Lipinski definition) is 2. The van der Waals surface area contributed by atoms with Gasteiger partial charge in [-0.1, -0.05) is 12.1 Å². The van der Waals surface area contributed by atoms with E-state index in [1.54, 1.807) is 6.07 Å². The number of hydrogen-bond donors (Lipinski definition) is 2. The Balaban J connectivity index is 1.97. The maximum atomic E-state index is 13.2. The van der Waals surface area contributed by atoms with Gasteiger partial charge < -0.3 is 10.3 Å². The van der Waals surface area contributed by atoms with Gasteiger partial charge >= 0.3 is 0 Å². The maximum Gasteiger partial charge on any atom is 0.124 e. The number of halogens is 1. The standard InChI is InChI=1S/C14H16FN3/c1-9-13(10-4-2-5-11(15)8-10)18-14(17-9)12-6-3-7-16-12/h2,4-5,8,12,16H,3,6-7H2,1H3,(H,17,18). The van der Waals surface area contributed by atoms with Crippen molar-refractivity contribution >= 4 is 0 Å². The molecule has 94 valence electrons. The predicted octanol–water partition coefficient (Wildman–Crippen LogP) is 2.95. The lowest BCUT2D eigenvalue weighted by molar-refractivity contribution is 0.612. The van der Waals surface area contributed by atoms with E-state index in [0.717, 1.165) is 35.7 Å². The highest BCUT2D eigenvalue weighted by Crippen LogP contribution is 2.26. The van der Waals surface area contributed by atoms with Crippen LogP contribution in [0.15, 0.2) is 24.3 Å². The molecule has 18 heavy (non-hydrogen) atoms. The molecule has 2 N–H and O–H groups in total. The molecule has 1 aliphatic rings. The monoisotopic (exact) mass is 245 g/mol. The van der Waals surface area contributed by atoms with Crippen molar-refractivity contribution in [2.24, 2.45) is 0 Å². The number of nitrogens with zero attached hydrogens (tertiary/aromatic N) is 1. The number of rotatable bonds is 2. The smallest absolute Gasteiger partial charge is 0.124 e. The van der Waals surface area contributed by atoms with E-state index in [1.165, 1.54) is 18.6 Å². The summed E-state index contributed by atoms with van der Waals surface area (Å²) in [5, 5.41) is 3.41. The first-order valence-corrected chi connectivity index (χ1v) is 6.30. The largest absolute Gasteiger partial charge is 0.344 e. The van der Waals surface area contributed by atoms with E-state index in [4.69, 9.17) is 0 Å². The molecule has 0 bridgehead atoms. The van der Waals surface area contributed by atoms with Gasteiger partial charge in [0, 0.05) is 11.3 Å². The minimum atomic E-state index is -0.226. The SMILES string of the molecule is Cc1[nH]c(C2CCCN2)nc1-c1cccc(F)c1. The minimum Gasteiger partial charge on any atom is -0.344 e. The minimum absolute atomic E-state index is 0.226. The highest BCUT2D eigenvalue weighted by Gasteiger charge is 2.20. The average Bonchev–Trinajstić information content (AvgIpc) is 2.97. The summed E-state index contributed by atoms with van der Waals surface area (Å²) >= 11 is 0. The van der Waals surface area contributed by atoms with Crippen LogP contribution >= 0.6 is 0 Å². The summed E-state index contributed by atoms with van der Waals surface area (Å²) in [5.74, 6) is 0.736. The molecule has 1 aromatic carbocycles. The van der Waals surface area contributed by atoms with E-state index in [1.807, 2.05) is 13.0 Å². The summed E-state index contributed by atoms with van der Waals surface area (Å²) in [4.78, 5) is 7.93. The highest BCUT2D eigenvalue weighted by molar-refractivity contribution is 5.61. The Morgan fingerprint density at radius 2 is 2.28 bits per heavy atom. The van der Waals surface area contributed by atoms with Crippen molar-refractivity contribution in [1.82, 2.24) is 15.3 Å². The van der Waals surface area contributed by atoms with Gasteiger partial charge in [0.1, 0.15) is 11.6 Å². The second kappa shape index (κ2) is 4.53. The normalized spacial score (nSPS) is 19.3. The Kier molecular flexibility index (Phi) is 2.88. The fourth-order valence-corrected chi connectivity index (χ4v) is 2.48. The van der Waals surface area contributed by atoms with E-state index in [2.05, 4.69) is 15.3 Å². The van der Waals surface area contributed by atoms with E-state index >= 15 is 0 Å². The zero-order valence-corrected chi connectivity index (χ0v) is 10.3. The summed E-state index contributed by atoms with van der Waals surface area (Å²) in [6.07, 6.45) is 2.29. The molecule has 2 aromatic rings. The van der Waals surface area contributed by atoms with Gasteiger partial charge in [-0.2, -0.15) is 0 Å². The summed E-state index contributed by atoms with van der Waals surface area (Å²) < 4.78 is 13.2. The van der Waals surface area contributed by atoms with E-state index < -0.39 is 0 Å². The van der Waals surface area contributed by atoms with Crippen molar-refractivity contribution in [2.75, 3.05) is 6.54 Å². The van der Waals surface area contributed by atoms with Crippen molar-refractivity contribution < 1.29 is 4.39 Å². The Hall–Kier alpha value is -1.68. The number of aryl methyl sites for hydroxylation is 1. The Labute approximate surface area is 105 Å². The van der Waals surface area contributed by atoms with Crippen LogP contribution in [-0.4, -0.2) is 16.5 Å². The molecule has 3 nitrogen and oxygen atoms in total. The van der Waals surface area contributed by atoms with Crippen molar-refractivity contribution in [1.29, 1.82) is 0 Å². The fourth-order valence-electron chi connectivity index (χ4n) is 2.48. The molecule has 0 radical (unpaired) electrons. The molecule has 2 heterocycles. The van der Waals surface area contributed by atoms with Crippen LogP contribution in [0.4, 0.5) is 4.39 Å². The lowest BCUT2D eigenvalue weighted by Gasteiger charge is -2.04. The number of imidazole rings is 1. The van der Waals surface area contributed by atoms with Gasteiger partial charge in [-0.25, -0.2) is 9.37 Å². The number of nitrogens with one attached hydrogen (secondary N) is 2. The van der Waals surface area contributed by atoms with E-state index in [0.29, 0.717) is 6.04 Å². The Morgan fingerprint density at radius 1 is 1.39 bits per heavy atom. The molecule has 0 aliphatic carbocycles. The van der Waals surface area contributed by atoms with Gasteiger partial charge in [0.25, 0.3) is 0 Å². The molecule has 1 atom stereocenters. The molecule has 0 spiro atoms. The lowest BCUT2D eigenvalue weighted by atomic mass is 10.1. The first-order valence-electron chi connectivity index (χ1n) is 6.30. The molecule has 1 saturated heterocycles. The Morgan fingerprint density at radius 3 is 3.00 bits per heavy atom. The summed E-state index contributed by atoms with van der Waals surface area (Å²) in [6.45, 7) is 3.02. The summed E-state index contributed by atoms with van der Waals surface area (Å²) in [6, 6.07) is 6.88. The molecule has 1 aliphatic heterocycles. The quantitative estimate of drug-likeness (QED) is 0.854. The molecular weight excluding hydrogens is 229 g/mol. The second-order valence-corrected chi connectivity index (χ2v) is 4.75. The van der Waals surface area contributed by atoms with Gasteiger partial charge in [-0.3, -0.25) is 0 Å². The van der Waals surface area contributed by atoms with Crippen LogP contribution in [-0.2, 0) is 0 Å². The topological polar surface area (TPSA) is 40.7 Å². The second-order valence-electron chi connectivity index (χ2n) is 4.75. The first-order chi connectivity index (χ1) is 8.74. The number of H-pyrrole nitrogens is 1. The van der Waals surface area contributed by atoms with Crippen LogP contribution in [0.1, 0.15) is 30.4 Å². The predicted molar refractivity (Wildman–Crippen MR) is 68.7 cm³/mol. The zero-order valence-electron chi connectivity index (χ0n) is 10.3. The highest BCUT2D eigenvalue weighted by atomic mass is 19.1. The van der Waals surface area contributed by atoms with Crippen LogP contribution in [0.5, 0.6) is 0 Å². The first kappa shape index (κ1) is 11.4. The molecule has 0 amide bonds. The van der Waals surface area contributed by atoms with Crippen molar-refractivity contribution in [2.45, 2.75) is 25.8 Å². The average molecular weight is 245 g/mol. The molecule has 1 fully saturated rings. The fraction of sp³-hybridized carbons (Fsp3) is 0.357. The van der Waals surface area contributed by atoms with Crippen molar-refractivity contribution in [3.05, 3.63) is 41.6 Å². The lowest BCUT2D eigenvalue weighted by Crippen LogP contribution is -2.14. The van der Waals surface area contributed by atoms with Crippen LogP contribution in [0.25, 0.3) is 11.3 Å². The molecule has 0 saturated carbocycles. The summed E-state index contributed by atoms with van der Waals surface area (Å²) in [7, 11) is 0. The van der Waals surface area contributed by atoms with Gasteiger partial charge in [0.05, 0.1) is 11.7 Å². The van der Waals surface area contributed by atoms with Crippen LogP contribution < -0.4 is 5.32 Å². The molecule has 4 heteroatoms. The third-order valence-corrected chi connectivity index (χ3v) is 3.39. The maximum absolute atomic E-state index is 13.2. The number of benzene rings is 1. The van der Waals surface area contributed by atoms with Crippen LogP contribution in [0.2, 0.25) is 0 Å². The third-order valence-electron chi connectivity index (χ3n) is 3.39. The van der Waals surface area contributed by atoms with Crippen LogP contribution in [0, 0.1) is 12.7 Å².